The van der Waals surface area contributed by atoms with E-state index in [1.54, 1.807) is 18.2 Å². The van der Waals surface area contributed by atoms with E-state index in [1.807, 2.05) is 0 Å². The summed E-state index contributed by atoms with van der Waals surface area (Å²) in [6.45, 7) is 0. The number of hydrogen-bond donors (Lipinski definition) is 1. The Bertz CT molecular complexity index is 487. The summed E-state index contributed by atoms with van der Waals surface area (Å²) in [5, 5.41) is 9.34. The second kappa shape index (κ2) is 4.14. The number of carboxylic acids is 1. The van der Waals surface area contributed by atoms with Crippen molar-refractivity contribution in [1.82, 2.24) is 0 Å². The highest BCUT2D eigenvalue weighted by Gasteiger charge is 2.53. The molecule has 0 heterocycles. The second-order valence-corrected chi connectivity index (χ2v) is 5.04. The van der Waals surface area contributed by atoms with Crippen LogP contribution in [0.4, 0.5) is 0 Å². The molecule has 1 N–H and O–H groups in total. The van der Waals surface area contributed by atoms with Crippen LogP contribution in [0.2, 0.25) is 0 Å². The van der Waals surface area contributed by atoms with E-state index in [9.17, 15) is 14.7 Å². The topological polar surface area (TPSA) is 63.6 Å². The molecule has 1 aliphatic rings. The van der Waals surface area contributed by atoms with E-state index in [2.05, 4.69) is 15.9 Å². The van der Waals surface area contributed by atoms with Gasteiger partial charge in [-0.3, -0.25) is 9.59 Å². The summed E-state index contributed by atoms with van der Waals surface area (Å²) < 4.78 is 5.94. The summed E-state index contributed by atoms with van der Waals surface area (Å²) in [4.78, 5) is 22.6. The summed E-state index contributed by atoms with van der Waals surface area (Å²) in [6.07, 6.45) is 0.0737. The number of methoxy groups -OCH3 is 1. The normalized spacial score (nSPS) is 17.4. The van der Waals surface area contributed by atoms with E-state index in [1.165, 1.54) is 7.11 Å². The number of aliphatic carboxylic acids is 1. The minimum atomic E-state index is -1.12. The molecule has 90 valence electrons. The molecule has 4 nitrogen and oxygen atoms in total. The molecule has 2 rings (SSSR count). The fourth-order valence-corrected chi connectivity index (χ4v) is 2.49. The second-order valence-electron chi connectivity index (χ2n) is 4.12. The van der Waals surface area contributed by atoms with E-state index >= 15 is 0 Å². The number of carbonyl (C=O) groups is 2. The molecule has 0 unspecified atom stereocenters. The first-order chi connectivity index (χ1) is 7.99. The van der Waals surface area contributed by atoms with Crippen LogP contribution in [-0.2, 0) is 15.0 Å². The van der Waals surface area contributed by atoms with Gasteiger partial charge < -0.3 is 9.84 Å². The number of Topliss-reactive ketones (excluding diaryl/α,β-unsaturated/α-hetero) is 1. The Kier molecular flexibility index (Phi) is 2.95. The van der Waals surface area contributed by atoms with Crippen LogP contribution in [0.3, 0.4) is 0 Å². The van der Waals surface area contributed by atoms with Gasteiger partial charge in [0.2, 0.25) is 0 Å². The standard InChI is InChI=1S/C12H11BrO4/c1-17-10-3-2-7(13)4-9(10)12(11(15)16)5-8(14)6-12/h2-4H,5-6H2,1H3,(H,15,16). The predicted octanol–water partition coefficient (Wildman–Crippen LogP) is 2.14. The van der Waals surface area contributed by atoms with Crippen LogP contribution < -0.4 is 4.74 Å². The van der Waals surface area contributed by atoms with Gasteiger partial charge in [-0.1, -0.05) is 15.9 Å². The third-order valence-corrected chi connectivity index (χ3v) is 3.58. The fourth-order valence-electron chi connectivity index (χ4n) is 2.13. The van der Waals surface area contributed by atoms with Crippen molar-refractivity contribution in [1.29, 1.82) is 0 Å². The molecule has 1 fully saturated rings. The monoisotopic (exact) mass is 298 g/mol. The first kappa shape index (κ1) is 12.1. The van der Waals surface area contributed by atoms with Gasteiger partial charge in [0.15, 0.2) is 0 Å². The van der Waals surface area contributed by atoms with E-state index in [0.29, 0.717) is 11.3 Å². The Hall–Kier alpha value is -1.36. The highest BCUT2D eigenvalue weighted by atomic mass is 79.9. The Morgan fingerprint density at radius 1 is 1.47 bits per heavy atom. The van der Waals surface area contributed by atoms with E-state index < -0.39 is 11.4 Å². The number of benzene rings is 1. The Morgan fingerprint density at radius 3 is 2.59 bits per heavy atom. The van der Waals surface area contributed by atoms with Crippen molar-refractivity contribution in [3.8, 4) is 5.75 Å². The highest BCUT2D eigenvalue weighted by molar-refractivity contribution is 9.10. The van der Waals surface area contributed by atoms with Gasteiger partial charge in [-0.05, 0) is 18.2 Å². The molecule has 0 spiro atoms. The predicted molar refractivity (Wildman–Crippen MR) is 64.2 cm³/mol. The van der Waals surface area contributed by atoms with Gasteiger partial charge in [-0.2, -0.15) is 0 Å². The number of hydrogen-bond acceptors (Lipinski definition) is 3. The van der Waals surface area contributed by atoms with Gasteiger partial charge in [-0.15, -0.1) is 0 Å². The van der Waals surface area contributed by atoms with Crippen molar-refractivity contribution in [3.05, 3.63) is 28.2 Å². The SMILES string of the molecule is COc1ccc(Br)cc1C1(C(=O)O)CC(=O)C1. The third-order valence-electron chi connectivity index (χ3n) is 3.08. The van der Waals surface area contributed by atoms with Crippen molar-refractivity contribution in [2.24, 2.45) is 0 Å². The quantitative estimate of drug-likeness (QED) is 0.929. The molecule has 0 amide bonds. The van der Waals surface area contributed by atoms with Crippen LogP contribution in [0.25, 0.3) is 0 Å². The van der Waals surface area contributed by atoms with Crippen molar-refractivity contribution in [3.63, 3.8) is 0 Å². The maximum Gasteiger partial charge on any atom is 0.315 e. The maximum absolute atomic E-state index is 11.4. The molecule has 1 aromatic rings. The van der Waals surface area contributed by atoms with E-state index in [-0.39, 0.29) is 18.6 Å². The largest absolute Gasteiger partial charge is 0.496 e. The third kappa shape index (κ3) is 1.84. The average molecular weight is 299 g/mol. The number of halogens is 1. The Morgan fingerprint density at radius 2 is 2.12 bits per heavy atom. The van der Waals surface area contributed by atoms with Gasteiger partial charge in [0.25, 0.3) is 0 Å². The summed E-state index contributed by atoms with van der Waals surface area (Å²) >= 11 is 3.30. The van der Waals surface area contributed by atoms with Gasteiger partial charge in [0, 0.05) is 22.9 Å². The summed E-state index contributed by atoms with van der Waals surface area (Å²) in [6, 6.07) is 5.19. The fraction of sp³-hybridized carbons (Fsp3) is 0.333. The molecule has 5 heteroatoms. The minimum absolute atomic E-state index is 0.0329. The van der Waals surface area contributed by atoms with Crippen LogP contribution in [-0.4, -0.2) is 24.0 Å². The highest BCUT2D eigenvalue weighted by Crippen LogP contribution is 2.46. The van der Waals surface area contributed by atoms with E-state index in [0.717, 1.165) is 4.47 Å². The lowest BCUT2D eigenvalue weighted by Crippen LogP contribution is -2.48. The summed E-state index contributed by atoms with van der Waals surface area (Å²) in [7, 11) is 1.49. The zero-order valence-corrected chi connectivity index (χ0v) is 10.8. The first-order valence-electron chi connectivity index (χ1n) is 5.09. The lowest BCUT2D eigenvalue weighted by atomic mass is 9.63. The molecule has 1 aliphatic carbocycles. The number of ketones is 1. The number of ether oxygens (including phenoxy) is 1. The Balaban J connectivity index is 2.54. The van der Waals surface area contributed by atoms with Crippen molar-refractivity contribution < 1.29 is 19.4 Å². The van der Waals surface area contributed by atoms with Crippen LogP contribution >= 0.6 is 15.9 Å². The van der Waals surface area contributed by atoms with Crippen LogP contribution in [0.1, 0.15) is 18.4 Å². The maximum atomic E-state index is 11.4. The molecule has 0 aromatic heterocycles. The number of carboxylic acid groups (broad SMARTS) is 1. The van der Waals surface area contributed by atoms with Gasteiger partial charge >= 0.3 is 5.97 Å². The molecular formula is C12H11BrO4. The summed E-state index contributed by atoms with van der Waals surface area (Å²) in [5.74, 6) is -0.508. The van der Waals surface area contributed by atoms with E-state index in [4.69, 9.17) is 4.74 Å². The number of rotatable bonds is 3. The van der Waals surface area contributed by atoms with Crippen molar-refractivity contribution >= 4 is 27.7 Å². The molecule has 0 radical (unpaired) electrons. The van der Waals surface area contributed by atoms with Gasteiger partial charge in [0.1, 0.15) is 16.9 Å². The smallest absolute Gasteiger partial charge is 0.315 e. The van der Waals surface area contributed by atoms with Crippen molar-refractivity contribution in [2.75, 3.05) is 7.11 Å². The molecule has 17 heavy (non-hydrogen) atoms. The lowest BCUT2D eigenvalue weighted by Gasteiger charge is -2.37. The molecule has 0 atom stereocenters. The molecule has 1 saturated carbocycles. The first-order valence-corrected chi connectivity index (χ1v) is 5.88. The van der Waals surface area contributed by atoms with Crippen LogP contribution in [0.15, 0.2) is 22.7 Å². The molecule has 0 saturated heterocycles. The van der Waals surface area contributed by atoms with Gasteiger partial charge in [0.05, 0.1) is 7.11 Å². The van der Waals surface area contributed by atoms with Gasteiger partial charge in [-0.25, -0.2) is 0 Å². The van der Waals surface area contributed by atoms with Crippen LogP contribution in [0.5, 0.6) is 5.75 Å². The zero-order chi connectivity index (χ0) is 12.6. The molecular weight excluding hydrogens is 288 g/mol. The average Bonchev–Trinajstić information content (AvgIpc) is 2.24. The minimum Gasteiger partial charge on any atom is -0.496 e. The molecule has 1 aromatic carbocycles. The van der Waals surface area contributed by atoms with Crippen molar-refractivity contribution in [2.45, 2.75) is 18.3 Å². The summed E-state index contributed by atoms with van der Waals surface area (Å²) in [5.41, 5.74) is -0.562. The number of carbonyl (C=O) groups excluding carboxylic acids is 1. The lowest BCUT2D eigenvalue weighted by molar-refractivity contribution is -0.153. The Labute approximate surface area is 107 Å². The molecule has 0 bridgehead atoms. The van der Waals surface area contributed by atoms with Crippen LogP contribution in [0, 0.1) is 0 Å². The zero-order valence-electron chi connectivity index (χ0n) is 9.20. The molecule has 0 aliphatic heterocycles.